The number of aromatic hydroxyl groups is 2. The van der Waals surface area contributed by atoms with Gasteiger partial charge in [-0.1, -0.05) is 78.9 Å². The van der Waals surface area contributed by atoms with Crippen LogP contribution in [0.2, 0.25) is 0 Å². The highest BCUT2D eigenvalue weighted by molar-refractivity contribution is 6.80. The molecule has 0 bridgehead atoms. The Morgan fingerprint density at radius 3 is 1.95 bits per heavy atom. The lowest BCUT2D eigenvalue weighted by Gasteiger charge is -2.32. The molecule has 0 spiro atoms. The molecule has 192 valence electrons. The first-order valence-corrected chi connectivity index (χ1v) is 13.3. The minimum atomic E-state index is -1.25. The minimum absolute atomic E-state index is 0.115. The second-order valence-corrected chi connectivity index (χ2v) is 10.7. The number of phenolic OH excluding ortho intramolecular Hbond substituents is 2. The Morgan fingerprint density at radius 1 is 0.590 bits per heavy atom. The van der Waals surface area contributed by atoms with E-state index in [2.05, 4.69) is 31.2 Å². The molecule has 6 rings (SSSR count). The summed E-state index contributed by atoms with van der Waals surface area (Å²) in [6.45, 7) is 4.86. The molecule has 1 aliphatic heterocycles. The van der Waals surface area contributed by atoms with Gasteiger partial charge in [0.15, 0.2) is 0 Å². The van der Waals surface area contributed by atoms with E-state index in [9.17, 15) is 10.2 Å². The zero-order chi connectivity index (χ0) is 27.3. The fourth-order valence-electron chi connectivity index (χ4n) is 6.33. The Hall–Kier alpha value is -4.31. The average molecular weight is 512 g/mol. The van der Waals surface area contributed by atoms with E-state index in [1.54, 1.807) is 24.3 Å². The molecule has 0 aliphatic carbocycles. The van der Waals surface area contributed by atoms with E-state index in [1.165, 1.54) is 0 Å². The summed E-state index contributed by atoms with van der Waals surface area (Å²) in [5.41, 5.74) is 10.7. The maximum atomic E-state index is 16.4. The van der Waals surface area contributed by atoms with Crippen LogP contribution in [0.15, 0.2) is 103 Å². The molecule has 4 heteroatoms. The zero-order valence-corrected chi connectivity index (χ0v) is 22.3. The summed E-state index contributed by atoms with van der Waals surface area (Å²) < 4.78 is 16.4. The highest BCUT2D eigenvalue weighted by Gasteiger charge is 2.37. The zero-order valence-electron chi connectivity index (χ0n) is 22.3. The van der Waals surface area contributed by atoms with Crippen molar-refractivity contribution >= 4 is 17.9 Å². The van der Waals surface area contributed by atoms with Crippen LogP contribution in [0.5, 0.6) is 11.5 Å². The normalized spacial score (nSPS) is 15.0. The summed E-state index contributed by atoms with van der Waals surface area (Å²) in [5.74, 6) is 0.211. The van der Waals surface area contributed by atoms with Gasteiger partial charge in [-0.05, 0) is 106 Å². The third kappa shape index (κ3) is 4.30. The van der Waals surface area contributed by atoms with Gasteiger partial charge in [-0.2, -0.15) is 0 Å². The van der Waals surface area contributed by atoms with E-state index in [1.807, 2.05) is 68.4 Å². The van der Waals surface area contributed by atoms with Crippen LogP contribution in [0.25, 0.3) is 0 Å². The molecule has 0 saturated heterocycles. The predicted molar refractivity (Wildman–Crippen MR) is 158 cm³/mol. The summed E-state index contributed by atoms with van der Waals surface area (Å²) in [7, 11) is 0. The van der Waals surface area contributed by atoms with Crippen LogP contribution < -0.4 is 10.9 Å². The third-order valence-electron chi connectivity index (χ3n) is 8.24. The molecule has 1 aliphatic rings. The van der Waals surface area contributed by atoms with Crippen LogP contribution in [0, 0.1) is 20.8 Å². The summed E-state index contributed by atoms with van der Waals surface area (Å²) >= 11 is 0. The predicted octanol–water partition coefficient (Wildman–Crippen LogP) is 6.77. The fourth-order valence-corrected chi connectivity index (χ4v) is 6.33. The van der Waals surface area contributed by atoms with E-state index < -0.39 is 6.99 Å². The highest BCUT2D eigenvalue weighted by atomic mass is 19.1. The van der Waals surface area contributed by atoms with Gasteiger partial charge in [0, 0.05) is 11.8 Å². The van der Waals surface area contributed by atoms with Crippen molar-refractivity contribution in [2.75, 3.05) is 0 Å². The van der Waals surface area contributed by atoms with E-state index in [-0.39, 0.29) is 23.3 Å². The number of hydrogen-bond acceptors (Lipinski definition) is 2. The van der Waals surface area contributed by atoms with Gasteiger partial charge in [0.05, 0.1) is 0 Å². The molecule has 2 N–H and O–H groups in total. The van der Waals surface area contributed by atoms with Crippen LogP contribution in [-0.4, -0.2) is 17.2 Å². The fraction of sp³-hybridized carbons (Fsp3) is 0.143. The van der Waals surface area contributed by atoms with Crippen molar-refractivity contribution in [2.24, 2.45) is 0 Å². The molecule has 2 unspecified atom stereocenters. The van der Waals surface area contributed by atoms with Crippen LogP contribution >= 0.6 is 0 Å². The Labute approximate surface area is 229 Å². The van der Waals surface area contributed by atoms with Gasteiger partial charge in [0.2, 0.25) is 0 Å². The van der Waals surface area contributed by atoms with E-state index in [0.29, 0.717) is 10.9 Å². The monoisotopic (exact) mass is 512 g/mol. The Bertz CT molecular complexity index is 1710. The van der Waals surface area contributed by atoms with Crippen LogP contribution in [-0.2, 0) is 0 Å². The maximum Gasteiger partial charge on any atom is 0.414 e. The molecule has 2 atom stereocenters. The lowest BCUT2D eigenvalue weighted by molar-refractivity contribution is 0.474. The first-order chi connectivity index (χ1) is 18.8. The molecule has 1 heterocycles. The standard InChI is InChI=1S/C35H30BFO2/c1-21-8-4-5-9-27(21)34(28-16-13-25(38)18-22(28)2)24-12-15-31-33(20-24)36(37)32-11-7-6-10-30(32)35(31)29-17-14-26(39)19-23(29)3/h4-20,34-35,38-39H,1-3H3. The maximum absolute atomic E-state index is 16.4. The van der Waals surface area contributed by atoms with Gasteiger partial charge in [0.25, 0.3) is 0 Å². The van der Waals surface area contributed by atoms with Crippen LogP contribution in [0.4, 0.5) is 4.32 Å². The van der Waals surface area contributed by atoms with Crippen molar-refractivity contribution in [3.63, 3.8) is 0 Å². The van der Waals surface area contributed by atoms with Gasteiger partial charge >= 0.3 is 6.99 Å². The minimum Gasteiger partial charge on any atom is -0.508 e. The highest BCUT2D eigenvalue weighted by Crippen LogP contribution is 2.40. The number of hydrogen-bond donors (Lipinski definition) is 2. The molecule has 2 nitrogen and oxygen atoms in total. The Kier molecular flexibility index (Phi) is 6.27. The van der Waals surface area contributed by atoms with Crippen molar-refractivity contribution in [1.82, 2.24) is 0 Å². The first-order valence-electron chi connectivity index (χ1n) is 13.3. The number of fused-ring (bicyclic) bond motifs is 2. The molecule has 5 aromatic rings. The molecule has 0 amide bonds. The number of benzene rings is 5. The summed E-state index contributed by atoms with van der Waals surface area (Å²) in [6.07, 6.45) is 0. The van der Waals surface area contributed by atoms with Crippen LogP contribution in [0.3, 0.4) is 0 Å². The van der Waals surface area contributed by atoms with E-state index in [0.717, 1.165) is 50.1 Å². The SMILES string of the molecule is Cc1ccccc1C(c1ccc2c(c1)B(F)c1ccccc1C2c1ccc(O)cc1C)c1ccc(O)cc1C. The molecular weight excluding hydrogens is 482 g/mol. The van der Waals surface area contributed by atoms with Crippen molar-refractivity contribution in [3.8, 4) is 11.5 Å². The van der Waals surface area contributed by atoms with E-state index >= 15 is 4.32 Å². The van der Waals surface area contributed by atoms with Gasteiger partial charge in [-0.25, -0.2) is 0 Å². The molecule has 0 radical (unpaired) electrons. The van der Waals surface area contributed by atoms with Gasteiger partial charge < -0.3 is 14.5 Å². The lowest BCUT2D eigenvalue weighted by Crippen LogP contribution is -2.48. The van der Waals surface area contributed by atoms with Gasteiger partial charge in [-0.15, -0.1) is 0 Å². The Balaban J connectivity index is 1.58. The van der Waals surface area contributed by atoms with Crippen molar-refractivity contribution < 1.29 is 14.5 Å². The lowest BCUT2D eigenvalue weighted by atomic mass is 9.49. The first kappa shape index (κ1) is 25.0. The summed E-state index contributed by atoms with van der Waals surface area (Å²) in [4.78, 5) is 0. The molecule has 0 fully saturated rings. The van der Waals surface area contributed by atoms with Crippen molar-refractivity contribution in [1.29, 1.82) is 0 Å². The molecule has 39 heavy (non-hydrogen) atoms. The largest absolute Gasteiger partial charge is 0.508 e. The molecule has 0 saturated carbocycles. The van der Waals surface area contributed by atoms with E-state index in [4.69, 9.17) is 0 Å². The molecule has 5 aromatic carbocycles. The number of rotatable bonds is 4. The van der Waals surface area contributed by atoms with Crippen molar-refractivity contribution in [2.45, 2.75) is 32.6 Å². The Morgan fingerprint density at radius 2 is 1.21 bits per heavy atom. The number of aryl methyl sites for hydroxylation is 3. The van der Waals surface area contributed by atoms with Crippen molar-refractivity contribution in [3.05, 3.63) is 153 Å². The second kappa shape index (κ2) is 9.78. The smallest absolute Gasteiger partial charge is 0.414 e. The number of phenols is 2. The quantitative estimate of drug-likeness (QED) is 0.206. The van der Waals surface area contributed by atoms with Gasteiger partial charge in [0.1, 0.15) is 11.5 Å². The third-order valence-corrected chi connectivity index (χ3v) is 8.24. The van der Waals surface area contributed by atoms with Gasteiger partial charge in [-0.3, -0.25) is 0 Å². The topological polar surface area (TPSA) is 40.5 Å². The number of halogens is 1. The molecule has 0 aromatic heterocycles. The van der Waals surface area contributed by atoms with Crippen LogP contribution in [0.1, 0.15) is 61.9 Å². The second-order valence-electron chi connectivity index (χ2n) is 10.7. The summed E-state index contributed by atoms with van der Waals surface area (Å²) in [6, 6.07) is 33.3. The summed E-state index contributed by atoms with van der Waals surface area (Å²) in [5, 5.41) is 20.2. The average Bonchev–Trinajstić information content (AvgIpc) is 2.92. The molecular formula is C35H30BFO2.